The van der Waals surface area contributed by atoms with Crippen LogP contribution in [0.5, 0.6) is 0 Å². The van der Waals surface area contributed by atoms with Crippen LogP contribution < -0.4 is 0 Å². The van der Waals surface area contributed by atoms with Crippen molar-refractivity contribution in [1.29, 1.82) is 0 Å². The number of carbonyl (C=O) groups is 4. The smallest absolute Gasteiger partial charge is 0.335 e. The third-order valence-electron chi connectivity index (χ3n) is 13.8. The number of carboxylic acids is 1. The SMILES string of the molecule is CC/C=C\C/C=C\C/C=C\C/C=C\C/C=C\C/C=C\CCC(=O)OC1C(OCC(COC(=O)CCCCCCCC/C=C\C/C=C\C/C=C\C/C=C\CC)OC(=O)CCCCCCCC/C=C\C/C=C\C/C=C\C/C=C\CC)OC(C(=O)O)C(O)C1O. The van der Waals surface area contributed by atoms with Crippen LogP contribution >= 0.6 is 0 Å². The summed E-state index contributed by atoms with van der Waals surface area (Å²) in [4.78, 5) is 51.4. The normalized spacial score (nSPS) is 18.5. The highest BCUT2D eigenvalue weighted by molar-refractivity contribution is 5.74. The van der Waals surface area contributed by atoms with Gasteiger partial charge in [0.25, 0.3) is 0 Å². The Morgan fingerprint density at radius 3 is 1.09 bits per heavy atom. The van der Waals surface area contributed by atoms with Crippen LogP contribution in [0.15, 0.2) is 170 Å². The van der Waals surface area contributed by atoms with Crippen molar-refractivity contribution < 1.29 is 58.2 Å². The number of carboxylic acid groups (broad SMARTS) is 1. The molecule has 6 unspecified atom stereocenters. The van der Waals surface area contributed by atoms with Crippen LogP contribution in [0.4, 0.5) is 0 Å². The summed E-state index contributed by atoms with van der Waals surface area (Å²) >= 11 is 0. The van der Waals surface area contributed by atoms with E-state index in [2.05, 4.69) is 173 Å². The molecule has 12 heteroatoms. The zero-order chi connectivity index (χ0) is 63.1. The molecule has 0 radical (unpaired) electrons. The predicted molar refractivity (Wildman–Crippen MR) is 358 cm³/mol. The minimum atomic E-state index is -1.94. The van der Waals surface area contributed by atoms with E-state index in [1.165, 1.54) is 0 Å². The molecule has 0 amide bonds. The summed E-state index contributed by atoms with van der Waals surface area (Å²) in [6.07, 6.45) is 77.4. The lowest BCUT2D eigenvalue weighted by Gasteiger charge is -2.40. The van der Waals surface area contributed by atoms with E-state index in [0.717, 1.165) is 161 Å². The Morgan fingerprint density at radius 1 is 0.379 bits per heavy atom. The Balaban J connectivity index is 2.74. The molecule has 0 aromatic carbocycles. The average Bonchev–Trinajstić information content (AvgIpc) is 2.60. The van der Waals surface area contributed by atoms with Gasteiger partial charge in [0, 0.05) is 19.3 Å². The van der Waals surface area contributed by atoms with Gasteiger partial charge in [-0.2, -0.15) is 0 Å². The molecule has 6 atom stereocenters. The van der Waals surface area contributed by atoms with Crippen LogP contribution in [0.25, 0.3) is 0 Å². The van der Waals surface area contributed by atoms with Crippen LogP contribution in [0.1, 0.15) is 226 Å². The first kappa shape index (κ1) is 79.1. The molecule has 1 heterocycles. The van der Waals surface area contributed by atoms with E-state index in [1.54, 1.807) is 0 Å². The van der Waals surface area contributed by atoms with Gasteiger partial charge in [-0.3, -0.25) is 14.4 Å². The fourth-order valence-electron chi connectivity index (χ4n) is 8.85. The monoisotopic (exact) mass is 1210 g/mol. The number of allylic oxidation sites excluding steroid dienone is 28. The highest BCUT2D eigenvalue weighted by atomic mass is 16.7. The molecule has 0 aromatic rings. The van der Waals surface area contributed by atoms with Gasteiger partial charge in [-0.1, -0.05) is 242 Å². The predicted octanol–water partition coefficient (Wildman–Crippen LogP) is 18.2. The lowest BCUT2D eigenvalue weighted by molar-refractivity contribution is -0.301. The first-order valence-electron chi connectivity index (χ1n) is 33.1. The quantitative estimate of drug-likeness (QED) is 0.0228. The minimum Gasteiger partial charge on any atom is -0.479 e. The van der Waals surface area contributed by atoms with Crippen molar-refractivity contribution in [3.05, 3.63) is 170 Å². The lowest BCUT2D eigenvalue weighted by Crippen LogP contribution is -2.61. The number of rotatable bonds is 54. The average molecular weight is 1210 g/mol. The fraction of sp³-hybridized carbons (Fsp3) is 0.573. The standard InChI is InChI=1S/C75H114O12/c1-4-7-10-13-16-19-22-25-28-31-34-37-40-43-46-49-52-55-58-61-67(76)83-64-66(85-68(77)62-59-56-53-50-47-44-41-38-35-32-29-26-23-20-17-14-11-8-5-2)65-84-75-73(71(80)70(79)72(87-75)74(81)82)86-69(78)63-60-57-54-51-48-45-42-39-36-33-30-27-24-21-18-15-12-9-6-3/h7-12,16-21,25-30,34-39,45,48,54,57,66,70-73,75,79-80H,4-6,13-15,22-24,31-33,40-44,46-47,49-53,55-56,58-65H2,1-3H3,(H,81,82)/b10-7-,11-8-,12-9-,19-16-,20-17-,21-18-,28-25-,29-26-,30-27-,37-34-,38-35-,39-36-,48-45-,57-54-. The van der Waals surface area contributed by atoms with Gasteiger partial charge < -0.3 is 39.0 Å². The summed E-state index contributed by atoms with van der Waals surface area (Å²) in [5.74, 6) is -3.29. The summed E-state index contributed by atoms with van der Waals surface area (Å²) in [5.41, 5.74) is 0. The number of unbranched alkanes of at least 4 members (excludes halogenated alkanes) is 12. The first-order valence-corrected chi connectivity index (χ1v) is 33.1. The second-order valence-corrected chi connectivity index (χ2v) is 21.6. The summed E-state index contributed by atoms with van der Waals surface area (Å²) in [6.45, 7) is 5.60. The second kappa shape index (κ2) is 60.4. The van der Waals surface area contributed by atoms with Crippen molar-refractivity contribution in [2.24, 2.45) is 0 Å². The summed E-state index contributed by atoms with van der Waals surface area (Å²) < 4.78 is 28.4. The lowest BCUT2D eigenvalue weighted by atomic mass is 9.98. The molecule has 3 N–H and O–H groups in total. The molecule has 1 aliphatic heterocycles. The van der Waals surface area contributed by atoms with E-state index in [1.807, 2.05) is 18.2 Å². The molecule has 1 fully saturated rings. The number of aliphatic hydroxyl groups excluding tert-OH is 2. The van der Waals surface area contributed by atoms with Gasteiger partial charge in [-0.05, 0) is 135 Å². The zero-order valence-corrected chi connectivity index (χ0v) is 53.7. The number of ether oxygens (including phenoxy) is 5. The van der Waals surface area contributed by atoms with Gasteiger partial charge in [0.1, 0.15) is 18.8 Å². The molecular formula is C75H114O12. The van der Waals surface area contributed by atoms with Crippen molar-refractivity contribution in [1.82, 2.24) is 0 Å². The van der Waals surface area contributed by atoms with Crippen molar-refractivity contribution in [2.45, 2.75) is 263 Å². The van der Waals surface area contributed by atoms with Crippen molar-refractivity contribution in [2.75, 3.05) is 13.2 Å². The molecule has 0 aliphatic carbocycles. The summed E-state index contributed by atoms with van der Waals surface area (Å²) in [5, 5.41) is 31.6. The molecular weight excluding hydrogens is 1090 g/mol. The third-order valence-corrected chi connectivity index (χ3v) is 13.8. The van der Waals surface area contributed by atoms with Crippen molar-refractivity contribution in [3.63, 3.8) is 0 Å². The summed E-state index contributed by atoms with van der Waals surface area (Å²) in [6, 6.07) is 0. The molecule has 1 aliphatic rings. The highest BCUT2D eigenvalue weighted by Gasteiger charge is 2.50. The second-order valence-electron chi connectivity index (χ2n) is 21.6. The molecule has 0 bridgehead atoms. The third kappa shape index (κ3) is 49.7. The molecule has 12 nitrogen and oxygen atoms in total. The van der Waals surface area contributed by atoms with E-state index < -0.39 is 67.3 Å². The molecule has 486 valence electrons. The largest absolute Gasteiger partial charge is 0.479 e. The topological polar surface area (TPSA) is 175 Å². The number of carbonyl (C=O) groups excluding carboxylic acids is 3. The van der Waals surface area contributed by atoms with Gasteiger partial charge in [0.05, 0.1) is 6.61 Å². The van der Waals surface area contributed by atoms with Crippen molar-refractivity contribution in [3.8, 4) is 0 Å². The molecule has 0 saturated carbocycles. The zero-order valence-electron chi connectivity index (χ0n) is 53.7. The van der Waals surface area contributed by atoms with Crippen LogP contribution in [-0.2, 0) is 42.9 Å². The molecule has 1 saturated heterocycles. The fourth-order valence-corrected chi connectivity index (χ4v) is 8.85. The Kier molecular flexibility index (Phi) is 54.9. The Morgan fingerprint density at radius 2 is 0.713 bits per heavy atom. The minimum absolute atomic E-state index is 0.0779. The van der Waals surface area contributed by atoms with Crippen LogP contribution in [0, 0.1) is 0 Å². The van der Waals surface area contributed by atoms with E-state index in [4.69, 9.17) is 23.7 Å². The summed E-state index contributed by atoms with van der Waals surface area (Å²) in [7, 11) is 0. The van der Waals surface area contributed by atoms with Gasteiger partial charge in [0.2, 0.25) is 0 Å². The molecule has 0 aromatic heterocycles. The number of hydrogen-bond acceptors (Lipinski definition) is 11. The number of esters is 3. The molecule has 1 rings (SSSR count). The molecule has 87 heavy (non-hydrogen) atoms. The number of aliphatic hydroxyl groups is 2. The van der Waals surface area contributed by atoms with Gasteiger partial charge in [-0.15, -0.1) is 0 Å². The number of hydrogen-bond donors (Lipinski definition) is 3. The number of aliphatic carboxylic acids is 1. The Hall–Kier alpha value is -5.92. The van der Waals surface area contributed by atoms with Crippen LogP contribution in [0.2, 0.25) is 0 Å². The maximum Gasteiger partial charge on any atom is 0.335 e. The first-order chi connectivity index (χ1) is 42.6. The van der Waals surface area contributed by atoms with E-state index in [0.29, 0.717) is 25.7 Å². The van der Waals surface area contributed by atoms with Crippen LogP contribution in [0.3, 0.4) is 0 Å². The Bertz CT molecular complexity index is 2160. The van der Waals surface area contributed by atoms with Gasteiger partial charge >= 0.3 is 23.9 Å². The maximum absolute atomic E-state index is 13.2. The van der Waals surface area contributed by atoms with Crippen LogP contribution in [-0.4, -0.2) is 89.2 Å². The van der Waals surface area contributed by atoms with E-state index in [9.17, 15) is 34.5 Å². The highest BCUT2D eigenvalue weighted by Crippen LogP contribution is 2.26. The van der Waals surface area contributed by atoms with E-state index in [-0.39, 0.29) is 25.9 Å². The molecule has 0 spiro atoms. The maximum atomic E-state index is 13.2. The van der Waals surface area contributed by atoms with Crippen molar-refractivity contribution >= 4 is 23.9 Å². The van der Waals surface area contributed by atoms with E-state index >= 15 is 0 Å². The Labute approximate surface area is 526 Å². The van der Waals surface area contributed by atoms with Gasteiger partial charge in [-0.25, -0.2) is 4.79 Å². The van der Waals surface area contributed by atoms with Gasteiger partial charge in [0.15, 0.2) is 24.6 Å².